The molecule has 0 saturated heterocycles. The summed E-state index contributed by atoms with van der Waals surface area (Å²) in [6.45, 7) is 4.19. The van der Waals surface area contributed by atoms with Crippen LogP contribution in [0.1, 0.15) is 18.2 Å². The summed E-state index contributed by atoms with van der Waals surface area (Å²) in [5, 5.41) is 10.1. The number of hydrogen-bond acceptors (Lipinski definition) is 5. The molecule has 2 aromatic rings. The van der Waals surface area contributed by atoms with Crippen molar-refractivity contribution >= 4 is 34.0 Å². The second kappa shape index (κ2) is 9.44. The Bertz CT molecular complexity index is 653. The molecule has 0 aromatic carbocycles. The summed E-state index contributed by atoms with van der Waals surface area (Å²) < 4.78 is 0. The largest absolute Gasteiger partial charge is 0.357 e. The van der Waals surface area contributed by atoms with Crippen molar-refractivity contribution in [2.45, 2.75) is 19.9 Å². The third kappa shape index (κ3) is 5.98. The van der Waals surface area contributed by atoms with Crippen LogP contribution in [0.5, 0.6) is 0 Å². The zero-order chi connectivity index (χ0) is 17.4. The lowest BCUT2D eigenvalue weighted by atomic mass is 10.2. The smallest absolute Gasteiger partial charge is 0.191 e. The lowest BCUT2D eigenvalue weighted by Gasteiger charge is -2.11. The molecule has 0 atom stereocenters. The number of aromatic nitrogens is 2. The van der Waals surface area contributed by atoms with Crippen LogP contribution in [0.4, 0.5) is 5.13 Å². The fourth-order valence-corrected chi connectivity index (χ4v) is 2.82. The van der Waals surface area contributed by atoms with Crippen molar-refractivity contribution in [1.29, 1.82) is 0 Å². The van der Waals surface area contributed by atoms with E-state index >= 15 is 0 Å². The number of thiazole rings is 1. The van der Waals surface area contributed by atoms with Crippen molar-refractivity contribution in [2.24, 2.45) is 4.99 Å². The highest BCUT2D eigenvalue weighted by Crippen LogP contribution is 2.18. The number of pyridine rings is 1. The number of rotatable bonds is 7. The standard InChI is InChI=1S/C16H23ClN6S/c1-4-18-15(19-8-7-12-5-6-14(17)20-9-12)21-10-13-11-24-16(22-13)23(2)3/h5-6,9,11H,4,7-8,10H2,1-3H3,(H2,18,19,21). The number of hydrogen-bond donors (Lipinski definition) is 2. The number of halogens is 1. The number of guanidine groups is 1. The Morgan fingerprint density at radius 3 is 2.79 bits per heavy atom. The first-order chi connectivity index (χ1) is 11.6. The molecular weight excluding hydrogens is 344 g/mol. The van der Waals surface area contributed by atoms with Crippen LogP contribution in [0.25, 0.3) is 0 Å². The highest BCUT2D eigenvalue weighted by atomic mass is 35.5. The van der Waals surface area contributed by atoms with Crippen LogP contribution in [0, 0.1) is 0 Å². The minimum atomic E-state index is 0.516. The van der Waals surface area contributed by atoms with Gasteiger partial charge in [0.25, 0.3) is 0 Å². The van der Waals surface area contributed by atoms with Gasteiger partial charge in [-0.3, -0.25) is 0 Å². The van der Waals surface area contributed by atoms with Crippen LogP contribution < -0.4 is 15.5 Å². The molecule has 2 aromatic heterocycles. The van der Waals surface area contributed by atoms with E-state index < -0.39 is 0 Å². The molecule has 2 heterocycles. The average molecular weight is 367 g/mol. The van der Waals surface area contributed by atoms with Crippen LogP contribution in [0.15, 0.2) is 28.7 Å². The van der Waals surface area contributed by atoms with E-state index in [2.05, 4.69) is 25.6 Å². The maximum Gasteiger partial charge on any atom is 0.191 e. The quantitative estimate of drug-likeness (QED) is 0.448. The summed E-state index contributed by atoms with van der Waals surface area (Å²) in [5.41, 5.74) is 2.11. The molecule has 0 aliphatic heterocycles. The Morgan fingerprint density at radius 2 is 2.17 bits per heavy atom. The Kier molecular flexibility index (Phi) is 7.27. The molecule has 0 aliphatic carbocycles. The molecule has 0 fully saturated rings. The van der Waals surface area contributed by atoms with Crippen LogP contribution >= 0.6 is 22.9 Å². The molecule has 0 amide bonds. The van der Waals surface area contributed by atoms with E-state index in [1.165, 1.54) is 0 Å². The Hall–Kier alpha value is -1.86. The van der Waals surface area contributed by atoms with E-state index in [0.717, 1.165) is 41.9 Å². The first-order valence-corrected chi connectivity index (χ1v) is 9.08. The SMILES string of the molecule is CCNC(=NCc1csc(N(C)C)n1)NCCc1ccc(Cl)nc1. The lowest BCUT2D eigenvalue weighted by Crippen LogP contribution is -2.38. The minimum Gasteiger partial charge on any atom is -0.357 e. The molecule has 130 valence electrons. The second-order valence-electron chi connectivity index (χ2n) is 5.38. The van der Waals surface area contributed by atoms with Gasteiger partial charge in [0.15, 0.2) is 11.1 Å². The maximum absolute atomic E-state index is 5.79. The van der Waals surface area contributed by atoms with Crippen LogP contribution in [-0.4, -0.2) is 43.1 Å². The molecule has 0 saturated carbocycles. The topological polar surface area (TPSA) is 65.4 Å². The van der Waals surface area contributed by atoms with Gasteiger partial charge in [-0.05, 0) is 25.0 Å². The van der Waals surface area contributed by atoms with Gasteiger partial charge in [0, 0.05) is 38.8 Å². The highest BCUT2D eigenvalue weighted by molar-refractivity contribution is 7.13. The molecule has 6 nitrogen and oxygen atoms in total. The summed E-state index contributed by atoms with van der Waals surface area (Å²) in [5.74, 6) is 0.791. The molecule has 2 N–H and O–H groups in total. The molecule has 2 rings (SSSR count). The molecule has 0 unspecified atom stereocenters. The van der Waals surface area contributed by atoms with Gasteiger partial charge in [-0.25, -0.2) is 15.0 Å². The molecule has 0 bridgehead atoms. The third-order valence-electron chi connectivity index (χ3n) is 3.16. The van der Waals surface area contributed by atoms with Crippen LogP contribution in [0.2, 0.25) is 5.15 Å². The van der Waals surface area contributed by atoms with E-state index in [1.807, 2.05) is 37.4 Å². The highest BCUT2D eigenvalue weighted by Gasteiger charge is 2.04. The number of nitrogens with one attached hydrogen (secondary N) is 2. The number of anilines is 1. The molecule has 0 radical (unpaired) electrons. The molecule has 8 heteroatoms. The molecular formula is C16H23ClN6S. The van der Waals surface area contributed by atoms with Crippen molar-refractivity contribution in [3.05, 3.63) is 40.1 Å². The molecule has 0 aliphatic rings. The monoisotopic (exact) mass is 366 g/mol. The maximum atomic E-state index is 5.79. The normalized spacial score (nSPS) is 11.4. The van der Waals surface area contributed by atoms with Gasteiger partial charge in [0.2, 0.25) is 0 Å². The average Bonchev–Trinajstić information content (AvgIpc) is 3.04. The van der Waals surface area contributed by atoms with Gasteiger partial charge >= 0.3 is 0 Å². The van der Waals surface area contributed by atoms with Gasteiger partial charge in [-0.1, -0.05) is 17.7 Å². The zero-order valence-electron chi connectivity index (χ0n) is 14.2. The van der Waals surface area contributed by atoms with Gasteiger partial charge in [-0.15, -0.1) is 11.3 Å². The first-order valence-electron chi connectivity index (χ1n) is 7.83. The van der Waals surface area contributed by atoms with Crippen molar-refractivity contribution in [2.75, 3.05) is 32.1 Å². The summed E-state index contributed by atoms with van der Waals surface area (Å²) in [6, 6.07) is 3.79. The molecule has 0 spiro atoms. The Labute approximate surface area is 152 Å². The van der Waals surface area contributed by atoms with Crippen molar-refractivity contribution in [3.8, 4) is 0 Å². The van der Waals surface area contributed by atoms with E-state index in [-0.39, 0.29) is 0 Å². The summed E-state index contributed by atoms with van der Waals surface area (Å²) in [4.78, 5) is 15.2. The first kappa shape index (κ1) is 18.5. The number of aliphatic imine (C=N–C) groups is 1. The van der Waals surface area contributed by atoms with E-state index in [9.17, 15) is 0 Å². The van der Waals surface area contributed by atoms with Gasteiger partial charge in [-0.2, -0.15) is 0 Å². The minimum absolute atomic E-state index is 0.516. The lowest BCUT2D eigenvalue weighted by molar-refractivity contribution is 0.795. The van der Waals surface area contributed by atoms with Gasteiger partial charge < -0.3 is 15.5 Å². The Balaban J connectivity index is 1.86. The summed E-state index contributed by atoms with van der Waals surface area (Å²) >= 11 is 7.42. The van der Waals surface area contributed by atoms with Gasteiger partial charge in [0.1, 0.15) is 5.15 Å². The zero-order valence-corrected chi connectivity index (χ0v) is 15.8. The summed E-state index contributed by atoms with van der Waals surface area (Å²) in [6.07, 6.45) is 2.65. The van der Waals surface area contributed by atoms with Gasteiger partial charge in [0.05, 0.1) is 12.2 Å². The fraction of sp³-hybridized carbons (Fsp3) is 0.438. The predicted molar refractivity (Wildman–Crippen MR) is 102 cm³/mol. The van der Waals surface area contributed by atoms with Crippen molar-refractivity contribution in [3.63, 3.8) is 0 Å². The summed E-state index contributed by atoms with van der Waals surface area (Å²) in [7, 11) is 3.98. The van der Waals surface area contributed by atoms with Crippen molar-refractivity contribution < 1.29 is 0 Å². The predicted octanol–water partition coefficient (Wildman–Crippen LogP) is 2.56. The van der Waals surface area contributed by atoms with Crippen molar-refractivity contribution in [1.82, 2.24) is 20.6 Å². The number of nitrogens with zero attached hydrogens (tertiary/aromatic N) is 4. The Morgan fingerprint density at radius 1 is 1.33 bits per heavy atom. The van der Waals surface area contributed by atoms with E-state index in [1.54, 1.807) is 23.6 Å². The van der Waals surface area contributed by atoms with Crippen LogP contribution in [-0.2, 0) is 13.0 Å². The van der Waals surface area contributed by atoms with E-state index in [0.29, 0.717) is 11.7 Å². The molecule has 24 heavy (non-hydrogen) atoms. The van der Waals surface area contributed by atoms with Crippen LogP contribution in [0.3, 0.4) is 0 Å². The second-order valence-corrected chi connectivity index (χ2v) is 6.60. The fourth-order valence-electron chi connectivity index (χ4n) is 1.96. The third-order valence-corrected chi connectivity index (χ3v) is 4.44. The van der Waals surface area contributed by atoms with E-state index in [4.69, 9.17) is 11.6 Å².